The number of carbonyl (C=O) groups is 2. The summed E-state index contributed by atoms with van der Waals surface area (Å²) < 4.78 is 0. The Morgan fingerprint density at radius 1 is 1.25 bits per heavy atom. The van der Waals surface area contributed by atoms with Crippen LogP contribution in [0.4, 0.5) is 0 Å². The van der Waals surface area contributed by atoms with Crippen LogP contribution in [-0.4, -0.2) is 16.1 Å². The van der Waals surface area contributed by atoms with E-state index in [0.29, 0.717) is 18.6 Å². The number of Topliss-reactive ketones (excluding diaryl/α,β-unsaturated/α-hetero) is 1. The van der Waals surface area contributed by atoms with Crippen LogP contribution in [0.5, 0.6) is 0 Å². The summed E-state index contributed by atoms with van der Waals surface area (Å²) in [6.07, 6.45) is 3.16. The Morgan fingerprint density at radius 3 is 2.69 bits per heavy atom. The summed E-state index contributed by atoms with van der Waals surface area (Å²) >= 11 is 1.32. The van der Waals surface area contributed by atoms with Gasteiger partial charge in [0.25, 0.3) is 0 Å². The molecule has 1 aliphatic carbocycles. The Balaban J connectivity index is 1.95. The minimum Gasteiger partial charge on any atom is -0.300 e. The molecule has 84 valence electrons. The van der Waals surface area contributed by atoms with Crippen molar-refractivity contribution in [3.05, 3.63) is 35.9 Å². The lowest BCUT2D eigenvalue weighted by molar-refractivity contribution is -0.120. The molecule has 0 bridgehead atoms. The van der Waals surface area contributed by atoms with Gasteiger partial charge in [-0.15, -0.1) is 0 Å². The molecule has 0 saturated heterocycles. The summed E-state index contributed by atoms with van der Waals surface area (Å²) in [5.74, 6) is 0.296. The third-order valence-corrected chi connectivity index (χ3v) is 3.91. The van der Waals surface area contributed by atoms with Crippen LogP contribution in [0.2, 0.25) is 0 Å². The van der Waals surface area contributed by atoms with Gasteiger partial charge in [0, 0.05) is 23.7 Å². The molecule has 2 nitrogen and oxygen atoms in total. The summed E-state index contributed by atoms with van der Waals surface area (Å²) in [5.41, 5.74) is 0.727. The molecule has 1 aromatic carbocycles. The first kappa shape index (κ1) is 11.4. The Hall–Kier alpha value is -1.09. The van der Waals surface area contributed by atoms with E-state index in [9.17, 15) is 9.59 Å². The minimum atomic E-state index is 0.0836. The Kier molecular flexibility index (Phi) is 3.78. The molecule has 0 aromatic heterocycles. The highest BCUT2D eigenvalue weighted by Gasteiger charge is 2.22. The second-order valence-electron chi connectivity index (χ2n) is 4.03. The maximum Gasteiger partial charge on any atom is 0.219 e. The predicted octanol–water partition coefficient (Wildman–Crippen LogP) is 3.07. The lowest BCUT2D eigenvalue weighted by Crippen LogP contribution is -2.18. The van der Waals surface area contributed by atoms with E-state index in [1.807, 2.05) is 30.3 Å². The minimum absolute atomic E-state index is 0.0836. The van der Waals surface area contributed by atoms with Crippen molar-refractivity contribution in [1.82, 2.24) is 0 Å². The highest BCUT2D eigenvalue weighted by molar-refractivity contribution is 8.14. The van der Waals surface area contributed by atoms with Crippen molar-refractivity contribution in [2.45, 2.75) is 30.9 Å². The summed E-state index contributed by atoms with van der Waals surface area (Å²) in [5, 5.41) is 0.272. The van der Waals surface area contributed by atoms with Crippen LogP contribution in [0, 0.1) is 0 Å². The molecule has 1 fully saturated rings. The van der Waals surface area contributed by atoms with Gasteiger partial charge in [0.2, 0.25) is 5.12 Å². The van der Waals surface area contributed by atoms with Crippen LogP contribution < -0.4 is 0 Å². The average Bonchev–Trinajstić information content (AvgIpc) is 2.30. The van der Waals surface area contributed by atoms with Crippen LogP contribution in [0.25, 0.3) is 0 Å². The molecule has 2 rings (SSSR count). The van der Waals surface area contributed by atoms with Crippen molar-refractivity contribution in [1.29, 1.82) is 0 Å². The Labute approximate surface area is 99.4 Å². The first-order chi connectivity index (χ1) is 7.75. The number of benzene rings is 1. The number of rotatable bonds is 2. The lowest BCUT2D eigenvalue weighted by Gasteiger charge is -2.19. The van der Waals surface area contributed by atoms with Crippen LogP contribution >= 0.6 is 11.8 Å². The molecule has 0 spiro atoms. The molecule has 0 unspecified atom stereocenters. The fourth-order valence-corrected chi connectivity index (χ4v) is 3.01. The van der Waals surface area contributed by atoms with Gasteiger partial charge in [-0.1, -0.05) is 42.1 Å². The Bertz CT molecular complexity index is 386. The molecule has 0 amide bonds. The van der Waals surface area contributed by atoms with Crippen LogP contribution in [0.1, 0.15) is 36.0 Å². The molecule has 3 heteroatoms. The molecular formula is C13H14O2S. The van der Waals surface area contributed by atoms with E-state index in [4.69, 9.17) is 0 Å². The maximum absolute atomic E-state index is 11.9. The van der Waals surface area contributed by atoms with Crippen molar-refractivity contribution >= 4 is 22.7 Å². The van der Waals surface area contributed by atoms with Crippen LogP contribution in [0.15, 0.2) is 30.3 Å². The molecule has 1 saturated carbocycles. The summed E-state index contributed by atoms with van der Waals surface area (Å²) in [6.45, 7) is 0. The third kappa shape index (κ3) is 2.95. The first-order valence-electron chi connectivity index (χ1n) is 5.53. The van der Waals surface area contributed by atoms with E-state index < -0.39 is 0 Å². The van der Waals surface area contributed by atoms with Gasteiger partial charge in [0.15, 0.2) is 0 Å². The second-order valence-corrected chi connectivity index (χ2v) is 5.30. The van der Waals surface area contributed by atoms with Gasteiger partial charge < -0.3 is 0 Å². The van der Waals surface area contributed by atoms with Gasteiger partial charge in [0.1, 0.15) is 5.78 Å². The molecule has 0 radical (unpaired) electrons. The normalized spacial score (nSPS) is 20.8. The quantitative estimate of drug-likeness (QED) is 0.788. The number of ketones is 1. The van der Waals surface area contributed by atoms with Gasteiger partial charge in [0.05, 0.1) is 0 Å². The van der Waals surface area contributed by atoms with Crippen LogP contribution in [-0.2, 0) is 4.79 Å². The van der Waals surface area contributed by atoms with Gasteiger partial charge in [-0.3, -0.25) is 9.59 Å². The largest absolute Gasteiger partial charge is 0.300 e. The maximum atomic E-state index is 11.9. The summed E-state index contributed by atoms with van der Waals surface area (Å²) in [6, 6.07) is 9.26. The molecule has 1 aliphatic rings. The molecule has 16 heavy (non-hydrogen) atoms. The molecule has 1 aromatic rings. The van der Waals surface area contributed by atoms with Crippen molar-refractivity contribution in [2.75, 3.05) is 0 Å². The number of carbonyl (C=O) groups excluding carboxylic acids is 2. The van der Waals surface area contributed by atoms with Gasteiger partial charge >= 0.3 is 0 Å². The van der Waals surface area contributed by atoms with E-state index in [0.717, 1.165) is 18.4 Å². The first-order valence-corrected chi connectivity index (χ1v) is 6.41. The van der Waals surface area contributed by atoms with Crippen LogP contribution in [0.3, 0.4) is 0 Å². The van der Waals surface area contributed by atoms with Gasteiger partial charge in [-0.25, -0.2) is 0 Å². The van der Waals surface area contributed by atoms with Crippen molar-refractivity contribution in [3.8, 4) is 0 Å². The monoisotopic (exact) mass is 234 g/mol. The average molecular weight is 234 g/mol. The number of hydrogen-bond acceptors (Lipinski definition) is 3. The lowest BCUT2D eigenvalue weighted by atomic mass is 9.99. The van der Waals surface area contributed by atoms with E-state index in [-0.39, 0.29) is 10.4 Å². The third-order valence-electron chi connectivity index (χ3n) is 2.72. The second kappa shape index (κ2) is 5.30. The predicted molar refractivity (Wildman–Crippen MR) is 65.6 cm³/mol. The molecular weight excluding hydrogens is 220 g/mol. The zero-order chi connectivity index (χ0) is 11.4. The highest BCUT2D eigenvalue weighted by Crippen LogP contribution is 2.28. The van der Waals surface area contributed by atoms with E-state index >= 15 is 0 Å². The molecule has 0 aliphatic heterocycles. The standard InChI is InChI=1S/C13H14O2S/c14-11-7-4-8-12(9-11)16-13(15)10-5-2-1-3-6-10/h1-3,5-6,12H,4,7-9H2/t12-/m0/s1. The highest BCUT2D eigenvalue weighted by atomic mass is 32.2. The molecule has 1 atom stereocenters. The SMILES string of the molecule is O=C1CCC[C@H](SC(=O)c2ccccc2)C1. The number of hydrogen-bond donors (Lipinski definition) is 0. The van der Waals surface area contributed by atoms with Gasteiger partial charge in [-0.2, -0.15) is 0 Å². The zero-order valence-electron chi connectivity index (χ0n) is 9.02. The zero-order valence-corrected chi connectivity index (χ0v) is 9.83. The summed E-state index contributed by atoms with van der Waals surface area (Å²) in [7, 11) is 0. The number of thioether (sulfide) groups is 1. The van der Waals surface area contributed by atoms with Gasteiger partial charge in [-0.05, 0) is 12.8 Å². The van der Waals surface area contributed by atoms with E-state index in [1.165, 1.54) is 11.8 Å². The smallest absolute Gasteiger partial charge is 0.219 e. The van der Waals surface area contributed by atoms with E-state index in [2.05, 4.69) is 0 Å². The van der Waals surface area contributed by atoms with Crippen molar-refractivity contribution in [3.63, 3.8) is 0 Å². The van der Waals surface area contributed by atoms with Crippen molar-refractivity contribution < 1.29 is 9.59 Å². The summed E-state index contributed by atoms with van der Waals surface area (Å²) in [4.78, 5) is 23.1. The molecule has 0 N–H and O–H groups in total. The fourth-order valence-electron chi connectivity index (χ4n) is 1.88. The van der Waals surface area contributed by atoms with Crippen molar-refractivity contribution in [2.24, 2.45) is 0 Å². The molecule has 0 heterocycles. The topological polar surface area (TPSA) is 34.1 Å². The Morgan fingerprint density at radius 2 is 2.00 bits per heavy atom. The fraction of sp³-hybridized carbons (Fsp3) is 0.385. The van der Waals surface area contributed by atoms with E-state index in [1.54, 1.807) is 0 Å².